The molecule has 1 aliphatic carbocycles. The summed E-state index contributed by atoms with van der Waals surface area (Å²) < 4.78 is 17.6. The number of benzene rings is 1. The zero-order valence-electron chi connectivity index (χ0n) is 17.0. The topological polar surface area (TPSA) is 56.8 Å². The number of carbonyl (C=O) groups is 1. The van der Waals surface area contributed by atoms with E-state index >= 15 is 0 Å². The van der Waals surface area contributed by atoms with Crippen LogP contribution in [0.3, 0.4) is 0 Å². The van der Waals surface area contributed by atoms with Gasteiger partial charge < -0.3 is 14.0 Å². The maximum atomic E-state index is 12.0. The molecule has 1 aromatic carbocycles. The molecule has 27 heavy (non-hydrogen) atoms. The maximum Gasteiger partial charge on any atom is 0.494 e. The average Bonchev–Trinajstić information content (AvgIpc) is 2.95. The van der Waals surface area contributed by atoms with Gasteiger partial charge in [0.15, 0.2) is 0 Å². The molecule has 1 fully saturated rings. The van der Waals surface area contributed by atoms with E-state index in [9.17, 15) is 4.79 Å². The van der Waals surface area contributed by atoms with E-state index in [-0.39, 0.29) is 0 Å². The normalized spacial score (nSPS) is 20.3. The van der Waals surface area contributed by atoms with Crippen molar-refractivity contribution in [1.29, 1.82) is 0 Å². The van der Waals surface area contributed by atoms with Crippen LogP contribution in [-0.2, 0) is 20.5 Å². The smallest absolute Gasteiger partial charge is 0.444 e. The lowest BCUT2D eigenvalue weighted by Crippen LogP contribution is -2.41. The molecule has 1 amide bonds. The van der Waals surface area contributed by atoms with Gasteiger partial charge in [0, 0.05) is 17.1 Å². The van der Waals surface area contributed by atoms with Crippen LogP contribution in [0.4, 0.5) is 4.79 Å². The minimum atomic E-state index is -0.544. The highest BCUT2D eigenvalue weighted by Crippen LogP contribution is 2.37. The number of hydrogen-bond acceptors (Lipinski definition) is 4. The Hall–Kier alpha value is -1.50. The zero-order valence-corrected chi connectivity index (χ0v) is 17.8. The van der Waals surface area contributed by atoms with E-state index in [1.165, 1.54) is 0 Å². The number of amides is 1. The molecule has 0 aromatic heterocycles. The molecule has 1 saturated heterocycles. The molecule has 0 saturated carbocycles. The van der Waals surface area contributed by atoms with Crippen molar-refractivity contribution in [2.45, 2.75) is 71.7 Å². The van der Waals surface area contributed by atoms with E-state index in [4.69, 9.17) is 25.6 Å². The lowest BCUT2D eigenvalue weighted by molar-refractivity contribution is 0.00578. The van der Waals surface area contributed by atoms with E-state index in [0.717, 1.165) is 22.3 Å². The number of rotatable bonds is 2. The van der Waals surface area contributed by atoms with Crippen LogP contribution < -0.4 is 10.8 Å². The summed E-state index contributed by atoms with van der Waals surface area (Å²) in [5.41, 5.74) is 2.18. The number of hydrogen-bond donors (Lipinski definition) is 1. The van der Waals surface area contributed by atoms with Crippen molar-refractivity contribution in [3.63, 3.8) is 0 Å². The van der Waals surface area contributed by atoms with Crippen molar-refractivity contribution in [2.75, 3.05) is 0 Å². The summed E-state index contributed by atoms with van der Waals surface area (Å²) in [5, 5.41) is 3.44. The summed E-state index contributed by atoms with van der Waals surface area (Å²) in [7, 11) is -0.478. The highest BCUT2D eigenvalue weighted by molar-refractivity contribution is 6.62. The lowest BCUT2D eigenvalue weighted by Gasteiger charge is -2.32. The Labute approximate surface area is 166 Å². The van der Waals surface area contributed by atoms with Gasteiger partial charge in [0.1, 0.15) is 5.60 Å². The quantitative estimate of drug-likeness (QED) is 0.772. The van der Waals surface area contributed by atoms with Gasteiger partial charge in [-0.15, -0.1) is 0 Å². The first-order valence-corrected chi connectivity index (χ1v) is 9.54. The summed E-state index contributed by atoms with van der Waals surface area (Å²) in [6.45, 7) is 13.6. The molecule has 146 valence electrons. The number of halogens is 1. The number of fused-ring (bicyclic) bond motifs is 1. The fourth-order valence-corrected chi connectivity index (χ4v) is 3.36. The zero-order chi connectivity index (χ0) is 20.2. The van der Waals surface area contributed by atoms with Crippen molar-refractivity contribution in [2.24, 2.45) is 0 Å². The molecule has 1 aliphatic heterocycles. The second kappa shape index (κ2) is 6.54. The fourth-order valence-electron chi connectivity index (χ4n) is 3.05. The highest BCUT2D eigenvalue weighted by atomic mass is 35.5. The summed E-state index contributed by atoms with van der Waals surface area (Å²) in [6.07, 6.45) is 2.00. The van der Waals surface area contributed by atoms with Gasteiger partial charge in [-0.3, -0.25) is 5.32 Å². The molecule has 7 heteroatoms. The molecule has 1 heterocycles. The van der Waals surface area contributed by atoms with Crippen LogP contribution in [0.25, 0.3) is 6.08 Å². The van der Waals surface area contributed by atoms with Gasteiger partial charge in [-0.25, -0.2) is 4.79 Å². The number of carbonyl (C=O) groups excluding carboxylic acids is 1. The Morgan fingerprint density at radius 1 is 1.19 bits per heavy atom. The van der Waals surface area contributed by atoms with Gasteiger partial charge in [0.25, 0.3) is 0 Å². The Balaban J connectivity index is 1.80. The average molecular weight is 392 g/mol. The molecular weight excluding hydrogens is 364 g/mol. The van der Waals surface area contributed by atoms with Crippen molar-refractivity contribution in [3.05, 3.63) is 34.0 Å². The van der Waals surface area contributed by atoms with E-state index in [2.05, 4.69) is 5.32 Å². The highest BCUT2D eigenvalue weighted by Gasteiger charge is 2.51. The van der Waals surface area contributed by atoms with Crippen LogP contribution in [0.5, 0.6) is 0 Å². The third-order valence-corrected chi connectivity index (χ3v) is 5.47. The van der Waals surface area contributed by atoms with Gasteiger partial charge in [0.2, 0.25) is 0 Å². The first-order valence-electron chi connectivity index (χ1n) is 9.16. The van der Waals surface area contributed by atoms with E-state index in [1.54, 1.807) is 0 Å². The maximum absolute atomic E-state index is 12.0. The van der Waals surface area contributed by atoms with Crippen molar-refractivity contribution < 1.29 is 18.8 Å². The third-order valence-electron chi connectivity index (χ3n) is 5.14. The van der Waals surface area contributed by atoms with E-state index in [1.807, 2.05) is 66.7 Å². The predicted octanol–water partition coefficient (Wildman–Crippen LogP) is 4.06. The Morgan fingerprint density at radius 3 is 2.33 bits per heavy atom. The standard InChI is InChI=1S/C20H27BClNO4/c1-18(2,3)25-17(24)23-14-9-12-8-13(10-16(22)15(12)11-14)21-26-19(4,5)20(6,7)27-21/h8-10H,11H2,1-7H3,(H,23,24). The summed E-state index contributed by atoms with van der Waals surface area (Å²) in [6, 6.07) is 3.89. The van der Waals surface area contributed by atoms with Crippen LogP contribution in [-0.4, -0.2) is 30.0 Å². The summed E-state index contributed by atoms with van der Waals surface area (Å²) in [5.74, 6) is 0. The molecule has 2 aliphatic rings. The van der Waals surface area contributed by atoms with E-state index < -0.39 is 30.0 Å². The van der Waals surface area contributed by atoms with Gasteiger partial charge in [0.05, 0.1) is 11.2 Å². The Kier molecular flexibility index (Phi) is 4.90. The summed E-state index contributed by atoms with van der Waals surface area (Å²) >= 11 is 6.52. The van der Waals surface area contributed by atoms with Crippen molar-refractivity contribution in [1.82, 2.24) is 5.32 Å². The van der Waals surface area contributed by atoms with Gasteiger partial charge in [-0.1, -0.05) is 17.7 Å². The number of ether oxygens (including phenoxy) is 1. The van der Waals surface area contributed by atoms with Crippen LogP contribution in [0.15, 0.2) is 17.8 Å². The number of alkyl carbamates (subject to hydrolysis) is 1. The van der Waals surface area contributed by atoms with Crippen LogP contribution in [0.2, 0.25) is 5.02 Å². The first-order chi connectivity index (χ1) is 12.3. The Morgan fingerprint density at radius 2 is 1.78 bits per heavy atom. The van der Waals surface area contributed by atoms with Crippen molar-refractivity contribution >= 4 is 36.4 Å². The van der Waals surface area contributed by atoms with Gasteiger partial charge in [-0.05, 0) is 77.2 Å². The number of allylic oxidation sites excluding steroid dienone is 1. The number of nitrogens with one attached hydrogen (secondary N) is 1. The Bertz CT molecular complexity index is 795. The summed E-state index contributed by atoms with van der Waals surface area (Å²) in [4.78, 5) is 12.0. The molecule has 0 bridgehead atoms. The van der Waals surface area contributed by atoms with Crippen molar-refractivity contribution in [3.8, 4) is 0 Å². The molecule has 1 N–H and O–H groups in total. The molecule has 1 aromatic rings. The monoisotopic (exact) mass is 391 g/mol. The van der Waals surface area contributed by atoms with Gasteiger partial charge in [-0.2, -0.15) is 0 Å². The first kappa shape index (κ1) is 20.2. The minimum Gasteiger partial charge on any atom is -0.444 e. The third kappa shape index (κ3) is 4.18. The lowest BCUT2D eigenvalue weighted by atomic mass is 9.78. The van der Waals surface area contributed by atoms with Crippen LogP contribution in [0.1, 0.15) is 59.6 Å². The van der Waals surface area contributed by atoms with Crippen LogP contribution >= 0.6 is 11.6 Å². The molecule has 0 unspecified atom stereocenters. The second-order valence-corrected chi connectivity index (χ2v) is 9.54. The molecular formula is C20H27BClNO4. The second-order valence-electron chi connectivity index (χ2n) is 9.13. The predicted molar refractivity (Wildman–Crippen MR) is 108 cm³/mol. The molecule has 0 atom stereocenters. The fraction of sp³-hybridized carbons (Fsp3) is 0.550. The molecule has 0 spiro atoms. The molecule has 3 rings (SSSR count). The van der Waals surface area contributed by atoms with Gasteiger partial charge >= 0.3 is 13.2 Å². The largest absolute Gasteiger partial charge is 0.494 e. The molecule has 5 nitrogen and oxygen atoms in total. The minimum absolute atomic E-state index is 0.414. The van der Waals surface area contributed by atoms with Crippen LogP contribution in [0, 0.1) is 0 Å². The molecule has 0 radical (unpaired) electrons. The SMILES string of the molecule is CC(C)(C)OC(=O)NC1=Cc2cc(B3OC(C)(C)C(C)(C)O3)cc(Cl)c2C1. The van der Waals surface area contributed by atoms with E-state index in [0.29, 0.717) is 11.4 Å².